The number of carbonyl (C=O) groups excluding carboxylic acids is 2. The Morgan fingerprint density at radius 2 is 1.86 bits per heavy atom. The van der Waals surface area contributed by atoms with Gasteiger partial charge in [0.1, 0.15) is 17.4 Å². The highest BCUT2D eigenvalue weighted by Gasteiger charge is 2.16. The Hall–Kier alpha value is -3.37. The number of Topliss-reactive ketones (excluding diaryl/α,β-unsaturated/α-hetero) is 1. The molecular formula is C22H24N2O5. The smallest absolute Gasteiger partial charge is 0.349 e. The van der Waals surface area contributed by atoms with Crippen molar-refractivity contribution in [3.63, 3.8) is 0 Å². The summed E-state index contributed by atoms with van der Waals surface area (Å²) in [4.78, 5) is 24.5. The van der Waals surface area contributed by atoms with Gasteiger partial charge in [-0.25, -0.2) is 4.79 Å². The molecule has 0 aliphatic carbocycles. The van der Waals surface area contributed by atoms with Crippen molar-refractivity contribution in [3.05, 3.63) is 58.4 Å². The standard InChI is InChI=1S/C22H24N2O5/c1-15-11-18(16(2)24(15)9-10-27-3)12-19(13-23)22(26)29-14-21(25)17-5-7-20(28-4)8-6-17/h5-8,11-12H,9-10,14H2,1-4H3/b19-12+. The van der Waals surface area contributed by atoms with Gasteiger partial charge in [0.05, 0.1) is 13.7 Å². The third-order valence-corrected chi connectivity index (χ3v) is 4.52. The summed E-state index contributed by atoms with van der Waals surface area (Å²) in [5.41, 5.74) is 2.87. The number of methoxy groups -OCH3 is 2. The van der Waals surface area contributed by atoms with Crippen LogP contribution in [0.2, 0.25) is 0 Å². The minimum absolute atomic E-state index is 0.167. The summed E-state index contributed by atoms with van der Waals surface area (Å²) < 4.78 is 17.2. The van der Waals surface area contributed by atoms with Gasteiger partial charge in [-0.15, -0.1) is 0 Å². The maximum Gasteiger partial charge on any atom is 0.349 e. The molecule has 1 heterocycles. The van der Waals surface area contributed by atoms with Gasteiger partial charge >= 0.3 is 5.97 Å². The first-order chi connectivity index (χ1) is 13.9. The molecule has 0 unspecified atom stereocenters. The fraction of sp³-hybridized carbons (Fsp3) is 0.318. The third-order valence-electron chi connectivity index (χ3n) is 4.52. The molecule has 0 N–H and O–H groups in total. The number of ether oxygens (including phenoxy) is 3. The van der Waals surface area contributed by atoms with E-state index in [0.29, 0.717) is 24.5 Å². The number of ketones is 1. The van der Waals surface area contributed by atoms with Crippen molar-refractivity contribution in [2.24, 2.45) is 0 Å². The first-order valence-electron chi connectivity index (χ1n) is 9.03. The predicted octanol–water partition coefficient (Wildman–Crippen LogP) is 3.09. The lowest BCUT2D eigenvalue weighted by atomic mass is 10.1. The lowest BCUT2D eigenvalue weighted by molar-refractivity contribution is -0.137. The van der Waals surface area contributed by atoms with Gasteiger partial charge in [0.2, 0.25) is 0 Å². The summed E-state index contributed by atoms with van der Waals surface area (Å²) in [5.74, 6) is -0.580. The quantitative estimate of drug-likeness (QED) is 0.280. The van der Waals surface area contributed by atoms with Crippen molar-refractivity contribution in [2.75, 3.05) is 27.4 Å². The van der Waals surface area contributed by atoms with Crippen LogP contribution >= 0.6 is 0 Å². The van der Waals surface area contributed by atoms with Crippen LogP contribution in [0.15, 0.2) is 35.9 Å². The molecule has 7 heteroatoms. The molecule has 29 heavy (non-hydrogen) atoms. The number of hydrogen-bond acceptors (Lipinski definition) is 6. The van der Waals surface area contributed by atoms with E-state index in [1.807, 2.05) is 30.6 Å². The number of rotatable bonds is 9. The average molecular weight is 396 g/mol. The molecule has 0 amide bonds. The van der Waals surface area contributed by atoms with Crippen LogP contribution < -0.4 is 4.74 Å². The van der Waals surface area contributed by atoms with Gasteiger partial charge < -0.3 is 18.8 Å². The molecular weight excluding hydrogens is 372 g/mol. The minimum atomic E-state index is -0.837. The van der Waals surface area contributed by atoms with Gasteiger partial charge in [-0.05, 0) is 55.8 Å². The average Bonchev–Trinajstić information content (AvgIpc) is 3.00. The lowest BCUT2D eigenvalue weighted by Gasteiger charge is -2.08. The van der Waals surface area contributed by atoms with Crippen molar-refractivity contribution in [2.45, 2.75) is 20.4 Å². The number of aryl methyl sites for hydroxylation is 1. The largest absolute Gasteiger partial charge is 0.497 e. The van der Waals surface area contributed by atoms with E-state index in [4.69, 9.17) is 14.2 Å². The molecule has 0 radical (unpaired) electrons. The van der Waals surface area contributed by atoms with Gasteiger partial charge in [-0.1, -0.05) is 0 Å². The Morgan fingerprint density at radius 3 is 2.45 bits per heavy atom. The molecule has 1 aromatic heterocycles. The molecule has 0 atom stereocenters. The van der Waals surface area contributed by atoms with E-state index in [9.17, 15) is 14.9 Å². The fourth-order valence-electron chi connectivity index (χ4n) is 2.86. The summed E-state index contributed by atoms with van der Waals surface area (Å²) in [6.07, 6.45) is 1.48. The topological polar surface area (TPSA) is 90.5 Å². The van der Waals surface area contributed by atoms with Gasteiger partial charge in [-0.3, -0.25) is 4.79 Å². The molecule has 152 valence electrons. The molecule has 1 aromatic carbocycles. The maximum absolute atomic E-state index is 12.3. The van der Waals surface area contributed by atoms with Crippen LogP contribution in [0.3, 0.4) is 0 Å². The van der Waals surface area contributed by atoms with Crippen LogP contribution in [-0.4, -0.2) is 43.8 Å². The Labute approximate surface area is 170 Å². The molecule has 0 fully saturated rings. The summed E-state index contributed by atoms with van der Waals surface area (Å²) in [6, 6.07) is 10.2. The minimum Gasteiger partial charge on any atom is -0.497 e. The predicted molar refractivity (Wildman–Crippen MR) is 108 cm³/mol. The summed E-state index contributed by atoms with van der Waals surface area (Å²) in [7, 11) is 3.16. The molecule has 7 nitrogen and oxygen atoms in total. The van der Waals surface area contributed by atoms with Crippen LogP contribution in [0.5, 0.6) is 5.75 Å². The van der Waals surface area contributed by atoms with Gasteiger partial charge in [0, 0.05) is 30.6 Å². The second-order valence-electron chi connectivity index (χ2n) is 6.37. The molecule has 0 bridgehead atoms. The van der Waals surface area contributed by atoms with Gasteiger partial charge in [0.25, 0.3) is 0 Å². The number of hydrogen-bond donors (Lipinski definition) is 0. The second kappa shape index (κ2) is 10.2. The van der Waals surface area contributed by atoms with Crippen LogP contribution in [0, 0.1) is 25.2 Å². The highest BCUT2D eigenvalue weighted by atomic mass is 16.5. The molecule has 2 aromatic rings. The van der Waals surface area contributed by atoms with Crippen molar-refractivity contribution in [1.82, 2.24) is 4.57 Å². The van der Waals surface area contributed by atoms with Gasteiger partial charge in [-0.2, -0.15) is 5.26 Å². The molecule has 0 saturated carbocycles. The van der Waals surface area contributed by atoms with Crippen molar-refractivity contribution in [3.8, 4) is 11.8 Å². The van der Waals surface area contributed by atoms with Crippen LogP contribution in [0.25, 0.3) is 6.08 Å². The fourth-order valence-corrected chi connectivity index (χ4v) is 2.86. The molecule has 0 spiro atoms. The zero-order valence-corrected chi connectivity index (χ0v) is 17.0. The number of esters is 1. The zero-order valence-electron chi connectivity index (χ0n) is 17.0. The Bertz CT molecular complexity index is 949. The second-order valence-corrected chi connectivity index (χ2v) is 6.37. The monoisotopic (exact) mass is 396 g/mol. The highest BCUT2D eigenvalue weighted by Crippen LogP contribution is 2.19. The van der Waals surface area contributed by atoms with E-state index in [1.165, 1.54) is 13.2 Å². The van der Waals surface area contributed by atoms with E-state index in [-0.39, 0.29) is 11.4 Å². The summed E-state index contributed by atoms with van der Waals surface area (Å²) >= 11 is 0. The van der Waals surface area contributed by atoms with E-state index in [0.717, 1.165) is 17.0 Å². The van der Waals surface area contributed by atoms with Crippen LogP contribution in [0.1, 0.15) is 27.3 Å². The Morgan fingerprint density at radius 1 is 1.17 bits per heavy atom. The Balaban J connectivity index is 2.08. The number of nitrogens with zero attached hydrogens (tertiary/aromatic N) is 2. The summed E-state index contributed by atoms with van der Waals surface area (Å²) in [5, 5.41) is 9.36. The van der Waals surface area contributed by atoms with Crippen molar-refractivity contribution < 1.29 is 23.8 Å². The van der Waals surface area contributed by atoms with E-state index in [1.54, 1.807) is 31.4 Å². The number of carbonyl (C=O) groups is 2. The zero-order chi connectivity index (χ0) is 21.4. The van der Waals surface area contributed by atoms with E-state index < -0.39 is 12.6 Å². The molecule has 0 saturated heterocycles. The van der Waals surface area contributed by atoms with Crippen molar-refractivity contribution in [1.29, 1.82) is 5.26 Å². The number of nitriles is 1. The SMILES string of the molecule is COCCn1c(C)cc(/C=C(\C#N)C(=O)OCC(=O)c2ccc(OC)cc2)c1C. The Kier molecular flexibility index (Phi) is 7.75. The normalized spacial score (nSPS) is 11.1. The maximum atomic E-state index is 12.3. The number of benzene rings is 1. The van der Waals surface area contributed by atoms with Crippen LogP contribution in [0.4, 0.5) is 0 Å². The summed E-state index contributed by atoms with van der Waals surface area (Å²) in [6.45, 7) is 4.63. The molecule has 0 aliphatic heterocycles. The molecule has 0 aliphatic rings. The molecule has 2 rings (SSSR count). The van der Waals surface area contributed by atoms with Gasteiger partial charge in [0.15, 0.2) is 12.4 Å². The van der Waals surface area contributed by atoms with Crippen LogP contribution in [-0.2, 0) is 20.8 Å². The number of aromatic nitrogens is 1. The van der Waals surface area contributed by atoms with E-state index in [2.05, 4.69) is 0 Å². The first kappa shape index (κ1) is 21.9. The van der Waals surface area contributed by atoms with Crippen molar-refractivity contribution >= 4 is 17.8 Å². The third kappa shape index (κ3) is 5.56. The first-order valence-corrected chi connectivity index (χ1v) is 9.03. The highest BCUT2D eigenvalue weighted by molar-refractivity contribution is 6.02. The van der Waals surface area contributed by atoms with E-state index >= 15 is 0 Å². The lowest BCUT2D eigenvalue weighted by Crippen LogP contribution is -2.15.